The second-order valence-electron chi connectivity index (χ2n) is 7.45. The fraction of sp³-hybridized carbons (Fsp3) is 0.136. The Morgan fingerprint density at radius 3 is 2.40 bits per heavy atom. The minimum absolute atomic E-state index is 0.0311. The number of amides is 1. The van der Waals surface area contributed by atoms with E-state index in [9.17, 15) is 26.7 Å². The van der Waals surface area contributed by atoms with E-state index in [0.29, 0.717) is 11.6 Å². The van der Waals surface area contributed by atoms with Crippen molar-refractivity contribution >= 4 is 22.6 Å². The number of pyridine rings is 2. The van der Waals surface area contributed by atoms with Gasteiger partial charge in [-0.1, -0.05) is 12.1 Å². The van der Waals surface area contributed by atoms with E-state index >= 15 is 0 Å². The molecule has 1 amide bonds. The lowest BCUT2D eigenvalue weighted by molar-refractivity contribution is -0.290. The van der Waals surface area contributed by atoms with Crippen molar-refractivity contribution in [2.75, 3.05) is 7.05 Å². The van der Waals surface area contributed by atoms with Crippen molar-refractivity contribution < 1.29 is 31.2 Å². The molecule has 4 heterocycles. The van der Waals surface area contributed by atoms with Crippen LogP contribution in [0.2, 0.25) is 0 Å². The summed E-state index contributed by atoms with van der Waals surface area (Å²) in [6.45, 7) is 0. The van der Waals surface area contributed by atoms with Gasteiger partial charge < -0.3 is 9.73 Å². The number of hydrogen-bond donors (Lipinski definition) is 1. The maximum atomic E-state index is 14.4. The molecular formula is C22H13F5N6O2. The third-order valence-corrected chi connectivity index (χ3v) is 5.34. The molecule has 178 valence electrons. The molecular weight excluding hydrogens is 475 g/mol. The van der Waals surface area contributed by atoms with Crippen LogP contribution in [-0.4, -0.2) is 43.7 Å². The van der Waals surface area contributed by atoms with E-state index in [4.69, 9.17) is 4.42 Å². The van der Waals surface area contributed by atoms with Gasteiger partial charge in [-0.2, -0.15) is 22.0 Å². The normalized spacial score (nSPS) is 12.4. The third-order valence-electron chi connectivity index (χ3n) is 5.34. The maximum absolute atomic E-state index is 14.4. The van der Waals surface area contributed by atoms with E-state index in [0.717, 1.165) is 6.39 Å². The van der Waals surface area contributed by atoms with Crippen LogP contribution in [0.5, 0.6) is 0 Å². The number of aromatic nitrogens is 5. The number of rotatable bonds is 4. The minimum atomic E-state index is -5.87. The first kappa shape index (κ1) is 22.4. The lowest BCUT2D eigenvalue weighted by Crippen LogP contribution is -2.34. The second-order valence-corrected chi connectivity index (χ2v) is 7.45. The largest absolute Gasteiger partial charge is 0.459 e. The van der Waals surface area contributed by atoms with Crippen LogP contribution < -0.4 is 5.32 Å². The van der Waals surface area contributed by atoms with Gasteiger partial charge in [0.25, 0.3) is 11.8 Å². The van der Waals surface area contributed by atoms with Crippen molar-refractivity contribution in [3.8, 4) is 22.7 Å². The Hall–Kier alpha value is -4.42. The summed E-state index contributed by atoms with van der Waals surface area (Å²) < 4.78 is 75.0. The predicted octanol–water partition coefficient (Wildman–Crippen LogP) is 4.61. The number of alkyl halides is 5. The molecule has 1 aromatic carbocycles. The zero-order chi connectivity index (χ0) is 25.0. The molecule has 5 aromatic rings. The summed E-state index contributed by atoms with van der Waals surface area (Å²) in [5, 5.41) is 10.0. The lowest BCUT2D eigenvalue weighted by atomic mass is 9.99. The van der Waals surface area contributed by atoms with Gasteiger partial charge in [-0.3, -0.25) is 9.20 Å². The van der Waals surface area contributed by atoms with Crippen LogP contribution in [0.15, 0.2) is 59.5 Å². The van der Waals surface area contributed by atoms with Gasteiger partial charge in [0.1, 0.15) is 22.7 Å². The predicted molar refractivity (Wildman–Crippen MR) is 113 cm³/mol. The maximum Gasteiger partial charge on any atom is 0.459 e. The van der Waals surface area contributed by atoms with E-state index in [-0.39, 0.29) is 45.3 Å². The van der Waals surface area contributed by atoms with Crippen LogP contribution in [0.3, 0.4) is 0 Å². The second kappa shape index (κ2) is 7.82. The monoisotopic (exact) mass is 488 g/mol. The Labute approximate surface area is 192 Å². The minimum Gasteiger partial charge on any atom is -0.422 e. The smallest absolute Gasteiger partial charge is 0.422 e. The number of fused-ring (bicyclic) bond motifs is 3. The molecule has 4 aromatic heterocycles. The van der Waals surface area contributed by atoms with Crippen LogP contribution in [0.25, 0.3) is 39.4 Å². The first-order valence-corrected chi connectivity index (χ1v) is 9.97. The molecule has 0 bridgehead atoms. The number of nitrogens with one attached hydrogen (secondary N) is 1. The van der Waals surface area contributed by atoms with Crippen LogP contribution >= 0.6 is 0 Å². The fourth-order valence-corrected chi connectivity index (χ4v) is 3.61. The van der Waals surface area contributed by atoms with Gasteiger partial charge in [0.15, 0.2) is 0 Å². The highest BCUT2D eigenvalue weighted by Gasteiger charge is 2.60. The van der Waals surface area contributed by atoms with Crippen molar-refractivity contribution in [1.29, 1.82) is 0 Å². The molecule has 0 aliphatic rings. The molecule has 0 saturated carbocycles. The highest BCUT2D eigenvalue weighted by molar-refractivity contribution is 5.97. The summed E-state index contributed by atoms with van der Waals surface area (Å²) in [6, 6.07) is 9.55. The molecule has 0 atom stereocenters. The molecule has 0 radical (unpaired) electrons. The van der Waals surface area contributed by atoms with Crippen LogP contribution in [0.4, 0.5) is 22.0 Å². The summed E-state index contributed by atoms with van der Waals surface area (Å²) in [6.07, 6.45) is -3.45. The zero-order valence-corrected chi connectivity index (χ0v) is 17.6. The summed E-state index contributed by atoms with van der Waals surface area (Å²) >= 11 is 0. The summed E-state index contributed by atoms with van der Waals surface area (Å²) in [5.41, 5.74) is -0.617. The Balaban J connectivity index is 1.79. The molecule has 35 heavy (non-hydrogen) atoms. The number of benzene rings is 1. The van der Waals surface area contributed by atoms with Gasteiger partial charge in [0.2, 0.25) is 6.39 Å². The summed E-state index contributed by atoms with van der Waals surface area (Å²) in [5.74, 6) is -5.58. The molecule has 1 N–H and O–H groups in total. The first-order chi connectivity index (χ1) is 16.6. The summed E-state index contributed by atoms with van der Waals surface area (Å²) in [7, 11) is 1.44. The molecule has 5 rings (SSSR count). The molecule has 0 fully saturated rings. The number of halogens is 5. The van der Waals surface area contributed by atoms with Crippen molar-refractivity contribution in [2.24, 2.45) is 0 Å². The molecule has 0 saturated heterocycles. The quantitative estimate of drug-likeness (QED) is 0.371. The van der Waals surface area contributed by atoms with E-state index in [1.807, 2.05) is 0 Å². The van der Waals surface area contributed by atoms with Gasteiger partial charge in [0.05, 0.1) is 0 Å². The van der Waals surface area contributed by atoms with Gasteiger partial charge in [-0.15, -0.1) is 10.2 Å². The fourth-order valence-electron chi connectivity index (χ4n) is 3.61. The van der Waals surface area contributed by atoms with Crippen LogP contribution in [-0.2, 0) is 5.92 Å². The van der Waals surface area contributed by atoms with Gasteiger partial charge in [-0.25, -0.2) is 9.97 Å². The third kappa shape index (κ3) is 3.64. The average molecular weight is 488 g/mol. The highest BCUT2D eigenvalue weighted by Crippen LogP contribution is 2.45. The Kier molecular flexibility index (Phi) is 5.00. The van der Waals surface area contributed by atoms with Gasteiger partial charge >= 0.3 is 12.1 Å². The zero-order valence-electron chi connectivity index (χ0n) is 17.6. The van der Waals surface area contributed by atoms with E-state index in [1.165, 1.54) is 48.0 Å². The number of hydrogen-bond acceptors (Lipinski definition) is 6. The van der Waals surface area contributed by atoms with Crippen molar-refractivity contribution in [3.05, 3.63) is 66.3 Å². The van der Waals surface area contributed by atoms with Crippen LogP contribution in [0.1, 0.15) is 16.1 Å². The molecule has 0 spiro atoms. The molecule has 13 heteroatoms. The van der Waals surface area contributed by atoms with E-state index in [1.54, 1.807) is 6.07 Å². The number of carbonyl (C=O) groups is 1. The summed E-state index contributed by atoms with van der Waals surface area (Å²) in [4.78, 5) is 19.8. The number of nitrogens with zero attached hydrogens (tertiary/aromatic N) is 5. The van der Waals surface area contributed by atoms with E-state index in [2.05, 4.69) is 25.5 Å². The van der Waals surface area contributed by atoms with Crippen LogP contribution in [0, 0.1) is 0 Å². The van der Waals surface area contributed by atoms with Crippen molar-refractivity contribution in [3.63, 3.8) is 0 Å². The van der Waals surface area contributed by atoms with E-state index < -0.39 is 17.8 Å². The SMILES string of the molecule is CNC(=O)c1ccc(-c2cc(C(F)(F)C(F)(F)F)nc3c2ccc2nc(-c4nnco4)cn23)cc1. The topological polar surface area (TPSA) is 98.2 Å². The Morgan fingerprint density at radius 1 is 1.03 bits per heavy atom. The molecule has 0 aliphatic heterocycles. The Morgan fingerprint density at radius 2 is 1.77 bits per heavy atom. The highest BCUT2D eigenvalue weighted by atomic mass is 19.4. The molecule has 0 aliphatic carbocycles. The van der Waals surface area contributed by atoms with Crippen molar-refractivity contribution in [2.45, 2.75) is 12.1 Å². The number of carbonyl (C=O) groups excluding carboxylic acids is 1. The van der Waals surface area contributed by atoms with Gasteiger partial charge in [-0.05, 0) is 41.5 Å². The average Bonchev–Trinajstić information content (AvgIpc) is 3.52. The van der Waals surface area contributed by atoms with Gasteiger partial charge in [0, 0.05) is 24.2 Å². The molecule has 8 nitrogen and oxygen atoms in total. The number of imidazole rings is 1. The Bertz CT molecular complexity index is 1560. The first-order valence-electron chi connectivity index (χ1n) is 9.97. The lowest BCUT2D eigenvalue weighted by Gasteiger charge is -2.20. The van der Waals surface area contributed by atoms with Crippen molar-refractivity contribution in [1.82, 2.24) is 29.9 Å². The molecule has 0 unspecified atom stereocenters. The standard InChI is InChI=1S/C22H13F5N6O2/c1-28-19(34)12-4-2-11(3-5-12)14-8-16(21(23,24)22(25,26)27)31-18-13(14)6-7-17-30-15(9-33(17)18)20-32-29-10-35-20/h2-10H,1H3,(H,28,34).